The van der Waals surface area contributed by atoms with Gasteiger partial charge in [0.2, 0.25) is 0 Å². The van der Waals surface area contributed by atoms with Gasteiger partial charge < -0.3 is 15.2 Å². The number of hydrogen-bond donors (Lipinski definition) is 1. The van der Waals surface area contributed by atoms with Crippen molar-refractivity contribution in [1.29, 1.82) is 0 Å². The number of esters is 1. The smallest absolute Gasteiger partial charge is 0.340 e. The van der Waals surface area contributed by atoms with E-state index >= 15 is 0 Å². The van der Waals surface area contributed by atoms with Crippen LogP contribution >= 0.6 is 0 Å². The van der Waals surface area contributed by atoms with Crippen molar-refractivity contribution in [3.63, 3.8) is 0 Å². The first-order valence-electron chi connectivity index (χ1n) is 7.59. The second-order valence-electron chi connectivity index (χ2n) is 5.35. The zero-order valence-corrected chi connectivity index (χ0v) is 13.5. The monoisotopic (exact) mass is 337 g/mol. The van der Waals surface area contributed by atoms with Gasteiger partial charge in [-0.15, -0.1) is 0 Å². The fourth-order valence-corrected chi connectivity index (χ4v) is 2.46. The molecule has 0 aromatic heterocycles. The molecule has 0 saturated carbocycles. The molecule has 0 aliphatic rings. The summed E-state index contributed by atoms with van der Waals surface area (Å²) < 4.78 is 23.6. The number of nitrogen functional groups attached to an aromatic ring is 1. The van der Waals surface area contributed by atoms with Crippen LogP contribution in [0, 0.1) is 5.82 Å². The maximum atomic E-state index is 13.0. The maximum Gasteiger partial charge on any atom is 0.340 e. The largest absolute Gasteiger partial charge is 0.465 e. The summed E-state index contributed by atoms with van der Waals surface area (Å²) in [5.41, 5.74) is 8.18. The number of methoxy groups -OCH3 is 1. The van der Waals surface area contributed by atoms with Gasteiger partial charge in [-0.2, -0.15) is 0 Å². The highest BCUT2D eigenvalue weighted by atomic mass is 19.1. The Bertz CT molecular complexity index is 893. The maximum absolute atomic E-state index is 13.0. The van der Waals surface area contributed by atoms with Gasteiger partial charge in [0, 0.05) is 5.56 Å². The number of halogens is 1. The highest BCUT2D eigenvalue weighted by Gasteiger charge is 2.17. The van der Waals surface area contributed by atoms with Gasteiger partial charge in [0.05, 0.1) is 18.4 Å². The highest BCUT2D eigenvalue weighted by Crippen LogP contribution is 2.35. The number of hydrogen-bond acceptors (Lipinski definition) is 4. The van der Waals surface area contributed by atoms with Crippen LogP contribution < -0.4 is 10.5 Å². The molecule has 0 unspecified atom stereocenters. The normalized spacial score (nSPS) is 10.3. The average molecular weight is 337 g/mol. The number of rotatable bonds is 4. The quantitative estimate of drug-likeness (QED) is 0.556. The second-order valence-corrected chi connectivity index (χ2v) is 5.35. The third kappa shape index (κ3) is 3.61. The zero-order valence-electron chi connectivity index (χ0n) is 13.5. The van der Waals surface area contributed by atoms with Crippen molar-refractivity contribution in [3.8, 4) is 22.6 Å². The molecule has 0 aliphatic carbocycles. The van der Waals surface area contributed by atoms with E-state index in [-0.39, 0.29) is 11.4 Å². The minimum Gasteiger partial charge on any atom is -0.465 e. The molecule has 2 N–H and O–H groups in total. The first-order valence-corrected chi connectivity index (χ1v) is 7.59. The molecule has 0 atom stereocenters. The fraction of sp³-hybridized carbons (Fsp3) is 0.0500. The number of nitrogens with two attached hydrogens (primary N) is 1. The molecule has 0 amide bonds. The van der Waals surface area contributed by atoms with Crippen LogP contribution in [0.5, 0.6) is 11.5 Å². The molecule has 3 aromatic rings. The number of anilines is 1. The Morgan fingerprint density at radius 1 is 0.960 bits per heavy atom. The van der Waals surface area contributed by atoms with E-state index in [1.54, 1.807) is 6.07 Å². The lowest BCUT2D eigenvalue weighted by molar-refractivity contribution is 0.0601. The second kappa shape index (κ2) is 7.05. The predicted octanol–water partition coefficient (Wildman–Crippen LogP) is 4.65. The van der Waals surface area contributed by atoms with E-state index in [1.165, 1.54) is 37.4 Å². The molecule has 0 fully saturated rings. The fourth-order valence-electron chi connectivity index (χ4n) is 2.46. The lowest BCUT2D eigenvalue weighted by atomic mass is 9.99. The lowest BCUT2D eigenvalue weighted by Gasteiger charge is -2.14. The van der Waals surface area contributed by atoms with E-state index < -0.39 is 5.97 Å². The Morgan fingerprint density at radius 2 is 1.64 bits per heavy atom. The highest BCUT2D eigenvalue weighted by molar-refractivity contribution is 6.00. The van der Waals surface area contributed by atoms with Crippen molar-refractivity contribution < 1.29 is 18.7 Å². The summed E-state index contributed by atoms with van der Waals surface area (Å²) in [6, 6.07) is 18.3. The molecule has 0 bridgehead atoms. The van der Waals surface area contributed by atoms with E-state index in [2.05, 4.69) is 0 Å². The molecular weight excluding hydrogens is 321 g/mol. The van der Waals surface area contributed by atoms with Gasteiger partial charge in [0.15, 0.2) is 0 Å². The third-order valence-electron chi connectivity index (χ3n) is 3.69. The zero-order chi connectivity index (χ0) is 17.8. The van der Waals surface area contributed by atoms with Gasteiger partial charge in [-0.25, -0.2) is 9.18 Å². The molecule has 4 nitrogen and oxygen atoms in total. The number of ether oxygens (including phenoxy) is 2. The summed E-state index contributed by atoms with van der Waals surface area (Å²) in [6.45, 7) is 0. The molecule has 0 spiro atoms. The first-order chi connectivity index (χ1) is 12.1. The van der Waals surface area contributed by atoms with E-state index in [0.717, 1.165) is 5.56 Å². The van der Waals surface area contributed by atoms with E-state index in [1.807, 2.05) is 30.3 Å². The summed E-state index contributed by atoms with van der Waals surface area (Å²) >= 11 is 0. The molecule has 0 aliphatic heterocycles. The Morgan fingerprint density at radius 3 is 2.28 bits per heavy atom. The molecule has 3 rings (SSSR count). The van der Waals surface area contributed by atoms with Gasteiger partial charge in [0.25, 0.3) is 0 Å². The van der Waals surface area contributed by atoms with Crippen molar-refractivity contribution in [2.24, 2.45) is 0 Å². The van der Waals surface area contributed by atoms with E-state index in [4.69, 9.17) is 15.2 Å². The van der Waals surface area contributed by atoms with E-state index in [9.17, 15) is 9.18 Å². The molecule has 0 saturated heterocycles. The van der Waals surface area contributed by atoms with Crippen LogP contribution in [0.25, 0.3) is 11.1 Å². The van der Waals surface area contributed by atoms with Gasteiger partial charge in [-0.3, -0.25) is 0 Å². The van der Waals surface area contributed by atoms with Gasteiger partial charge in [0.1, 0.15) is 17.3 Å². The first kappa shape index (κ1) is 16.5. The molecule has 126 valence electrons. The van der Waals surface area contributed by atoms with Gasteiger partial charge in [-0.05, 0) is 42.0 Å². The van der Waals surface area contributed by atoms with Crippen molar-refractivity contribution in [2.45, 2.75) is 0 Å². The molecule has 0 radical (unpaired) electrons. The predicted molar refractivity (Wildman–Crippen MR) is 94.1 cm³/mol. The van der Waals surface area contributed by atoms with Crippen molar-refractivity contribution in [1.82, 2.24) is 0 Å². The van der Waals surface area contributed by atoms with Crippen molar-refractivity contribution in [2.75, 3.05) is 12.8 Å². The molecule has 3 aromatic carbocycles. The summed E-state index contributed by atoms with van der Waals surface area (Å²) in [5.74, 6) is -0.0647. The Hall–Kier alpha value is -3.34. The van der Waals surface area contributed by atoms with Crippen LogP contribution in [-0.2, 0) is 4.74 Å². The standard InChI is InChI=1S/C20H16FNO3/c1-24-20(23)18-12-16(25-15-9-7-14(21)8-10-15)11-17(19(18)22)13-5-3-2-4-6-13/h2-12H,22H2,1H3. The molecule has 5 heteroatoms. The Balaban J connectivity index is 2.09. The van der Waals surface area contributed by atoms with Crippen LogP contribution in [0.2, 0.25) is 0 Å². The van der Waals surface area contributed by atoms with E-state index in [0.29, 0.717) is 22.7 Å². The number of carbonyl (C=O) groups is 1. The summed E-state index contributed by atoms with van der Waals surface area (Å²) in [6.07, 6.45) is 0. The summed E-state index contributed by atoms with van der Waals surface area (Å²) in [7, 11) is 1.29. The lowest BCUT2D eigenvalue weighted by Crippen LogP contribution is -2.07. The molecule has 0 heterocycles. The van der Waals surface area contributed by atoms with Crippen LogP contribution in [0.3, 0.4) is 0 Å². The van der Waals surface area contributed by atoms with Crippen LogP contribution in [-0.4, -0.2) is 13.1 Å². The van der Waals surface area contributed by atoms with Crippen LogP contribution in [0.1, 0.15) is 10.4 Å². The summed E-state index contributed by atoms with van der Waals surface area (Å²) in [4.78, 5) is 12.1. The van der Waals surface area contributed by atoms with Gasteiger partial charge in [-0.1, -0.05) is 30.3 Å². The molecule has 25 heavy (non-hydrogen) atoms. The van der Waals surface area contributed by atoms with Gasteiger partial charge >= 0.3 is 5.97 Å². The SMILES string of the molecule is COC(=O)c1cc(Oc2ccc(F)cc2)cc(-c2ccccc2)c1N. The topological polar surface area (TPSA) is 61.5 Å². The number of benzene rings is 3. The van der Waals surface area contributed by atoms with Crippen LogP contribution in [0.4, 0.5) is 10.1 Å². The van der Waals surface area contributed by atoms with Crippen molar-refractivity contribution in [3.05, 3.63) is 78.1 Å². The van der Waals surface area contributed by atoms with Crippen LogP contribution in [0.15, 0.2) is 66.7 Å². The minimum atomic E-state index is -0.556. The molecular formula is C20H16FNO3. The Labute approximate surface area is 144 Å². The Kier molecular flexibility index (Phi) is 4.66. The summed E-state index contributed by atoms with van der Waals surface area (Å²) in [5, 5.41) is 0. The van der Waals surface area contributed by atoms with Crippen molar-refractivity contribution >= 4 is 11.7 Å². The third-order valence-corrected chi connectivity index (χ3v) is 3.69. The number of carbonyl (C=O) groups excluding carboxylic acids is 1. The minimum absolute atomic E-state index is 0.209. The average Bonchev–Trinajstić information content (AvgIpc) is 2.65.